The zero-order chi connectivity index (χ0) is 40.0. The number of para-hydroxylation sites is 3. The van der Waals surface area contributed by atoms with Gasteiger partial charge in [0.05, 0.1) is 27.7 Å². The van der Waals surface area contributed by atoms with E-state index >= 15 is 0 Å². The average molecular weight is 649 g/mol. The molecule has 0 spiro atoms. The molecular weight excluding hydrogens is 613 g/mol. The molecule has 3 heterocycles. The van der Waals surface area contributed by atoms with Crippen LogP contribution in [0.5, 0.6) is 0 Å². The van der Waals surface area contributed by atoms with E-state index in [9.17, 15) is 0 Å². The predicted octanol–water partition coefficient (Wildman–Crippen LogP) is 11.5. The quantitative estimate of drug-likeness (QED) is 0.186. The smallest absolute Gasteiger partial charge is 0.164 e. The van der Waals surface area contributed by atoms with Crippen LogP contribution in [-0.2, 0) is 0 Å². The van der Waals surface area contributed by atoms with Gasteiger partial charge >= 0.3 is 0 Å². The first kappa shape index (κ1) is 21.2. The molecule has 3 aromatic heterocycles. The standard InChI is InChI=1S/C45H28N4O/c1-3-14-29(15-4-1)31-18-11-19-32(28-31)44-46-43(30-16-5-2-6-17-30)47-45(48-44)36-23-13-27-40-41(36)35-22-12-26-39(42(35)50-40)49-37-24-9-7-20-33(37)34-21-8-10-25-38(34)49/h1-28H/i7D,8D,9D,10D,20D,21D,24D,25D. The van der Waals surface area contributed by atoms with Gasteiger partial charge in [-0.15, -0.1) is 0 Å². The predicted molar refractivity (Wildman–Crippen MR) is 203 cm³/mol. The Labute approximate surface area is 299 Å². The first-order valence-electron chi connectivity index (χ1n) is 20.1. The topological polar surface area (TPSA) is 56.7 Å². The lowest BCUT2D eigenvalue weighted by molar-refractivity contribution is 0.666. The van der Waals surface area contributed by atoms with E-state index in [0.29, 0.717) is 50.7 Å². The Kier molecular flexibility index (Phi) is 4.83. The number of hydrogen-bond acceptors (Lipinski definition) is 4. The van der Waals surface area contributed by atoms with Gasteiger partial charge in [0.2, 0.25) is 0 Å². The third-order valence-electron chi connectivity index (χ3n) is 8.91. The van der Waals surface area contributed by atoms with E-state index in [4.69, 9.17) is 30.3 Å². The summed E-state index contributed by atoms with van der Waals surface area (Å²) in [6.45, 7) is 0. The van der Waals surface area contributed by atoms with Gasteiger partial charge < -0.3 is 8.98 Å². The number of aromatic nitrogens is 4. The molecule has 0 saturated heterocycles. The van der Waals surface area contributed by atoms with Crippen molar-refractivity contribution in [3.8, 4) is 51.0 Å². The van der Waals surface area contributed by atoms with Crippen molar-refractivity contribution < 1.29 is 15.4 Å². The minimum Gasteiger partial charge on any atom is -0.454 e. The first-order valence-corrected chi connectivity index (χ1v) is 16.1. The molecule has 0 aliphatic carbocycles. The Morgan fingerprint density at radius 3 is 1.80 bits per heavy atom. The molecule has 0 bridgehead atoms. The minimum absolute atomic E-state index is 0.00789. The normalized spacial score (nSPS) is 13.8. The molecule has 10 aromatic rings. The lowest BCUT2D eigenvalue weighted by Gasteiger charge is -2.10. The van der Waals surface area contributed by atoms with Crippen molar-refractivity contribution in [3.63, 3.8) is 0 Å². The van der Waals surface area contributed by atoms with Crippen molar-refractivity contribution in [1.29, 1.82) is 0 Å². The van der Waals surface area contributed by atoms with E-state index in [1.807, 2.05) is 91.0 Å². The van der Waals surface area contributed by atoms with Crippen LogP contribution in [0.1, 0.15) is 11.0 Å². The zero-order valence-corrected chi connectivity index (χ0v) is 26.2. The van der Waals surface area contributed by atoms with Gasteiger partial charge in [-0.25, -0.2) is 15.0 Å². The monoisotopic (exact) mass is 648 g/mol. The van der Waals surface area contributed by atoms with Crippen LogP contribution in [0.25, 0.3) is 94.7 Å². The first-order chi connectivity index (χ1) is 28.1. The fourth-order valence-electron chi connectivity index (χ4n) is 6.67. The number of furan rings is 1. The SMILES string of the molecule is [2H]c1c([2H])c([2H])c2c(c1[2H])c1c([2H])c([2H])c([2H])c([2H])c1n2-c1cccc2c1oc1cccc(-c3nc(-c4ccccc4)nc(-c4cccc(-c5ccccc5)c4)n3)c12. The van der Waals surface area contributed by atoms with Gasteiger partial charge in [-0.2, -0.15) is 0 Å². The van der Waals surface area contributed by atoms with Crippen molar-refractivity contribution in [1.82, 2.24) is 19.5 Å². The Morgan fingerprint density at radius 2 is 1.06 bits per heavy atom. The summed E-state index contributed by atoms with van der Waals surface area (Å²) in [5.74, 6) is 1.35. The highest BCUT2D eigenvalue weighted by Crippen LogP contribution is 2.41. The van der Waals surface area contributed by atoms with Crippen molar-refractivity contribution in [2.24, 2.45) is 0 Å². The van der Waals surface area contributed by atoms with Crippen LogP contribution in [-0.4, -0.2) is 19.5 Å². The summed E-state index contributed by atoms with van der Waals surface area (Å²) in [4.78, 5) is 15.0. The highest BCUT2D eigenvalue weighted by Gasteiger charge is 2.21. The molecule has 7 aromatic carbocycles. The second-order valence-corrected chi connectivity index (χ2v) is 11.8. The van der Waals surface area contributed by atoms with Crippen LogP contribution in [0.3, 0.4) is 0 Å². The van der Waals surface area contributed by atoms with Crippen molar-refractivity contribution in [2.45, 2.75) is 0 Å². The summed E-state index contributed by atoms with van der Waals surface area (Å²) >= 11 is 0. The summed E-state index contributed by atoms with van der Waals surface area (Å²) < 4.78 is 77.9. The van der Waals surface area contributed by atoms with E-state index < -0.39 is 36.3 Å². The minimum atomic E-state index is -0.506. The number of benzene rings is 7. The number of nitrogens with zero attached hydrogens (tertiary/aromatic N) is 4. The lowest BCUT2D eigenvalue weighted by Crippen LogP contribution is -2.00. The molecule has 5 nitrogen and oxygen atoms in total. The fourth-order valence-corrected chi connectivity index (χ4v) is 6.67. The van der Waals surface area contributed by atoms with Crippen molar-refractivity contribution in [2.75, 3.05) is 0 Å². The number of fused-ring (bicyclic) bond motifs is 6. The van der Waals surface area contributed by atoms with Gasteiger partial charge in [0.1, 0.15) is 5.58 Å². The molecule has 5 heteroatoms. The lowest BCUT2D eigenvalue weighted by atomic mass is 10.0. The van der Waals surface area contributed by atoms with Crippen molar-refractivity contribution in [3.05, 3.63) is 170 Å². The van der Waals surface area contributed by atoms with E-state index in [2.05, 4.69) is 18.2 Å². The van der Waals surface area contributed by atoms with Gasteiger partial charge in [-0.05, 0) is 41.4 Å². The second-order valence-electron chi connectivity index (χ2n) is 11.8. The van der Waals surface area contributed by atoms with Gasteiger partial charge in [-0.3, -0.25) is 0 Å². The second kappa shape index (κ2) is 11.4. The average Bonchev–Trinajstić information content (AvgIpc) is 3.84. The summed E-state index contributed by atoms with van der Waals surface area (Å²) in [5.41, 5.74) is 5.48. The molecule has 0 atom stereocenters. The third-order valence-corrected chi connectivity index (χ3v) is 8.91. The molecule has 0 radical (unpaired) electrons. The molecule has 0 aliphatic rings. The summed E-state index contributed by atoms with van der Waals surface area (Å²) in [6, 6.07) is 35.1. The molecule has 0 fully saturated rings. The number of hydrogen-bond donors (Lipinski definition) is 0. The summed E-state index contributed by atoms with van der Waals surface area (Å²) in [5, 5.41) is 1.29. The number of rotatable bonds is 5. The highest BCUT2D eigenvalue weighted by atomic mass is 16.3. The van der Waals surface area contributed by atoms with Crippen molar-refractivity contribution >= 4 is 43.7 Å². The Morgan fingerprint density at radius 1 is 0.480 bits per heavy atom. The maximum absolute atomic E-state index is 9.02. The zero-order valence-electron chi connectivity index (χ0n) is 34.2. The van der Waals surface area contributed by atoms with E-state index in [-0.39, 0.29) is 33.9 Å². The van der Waals surface area contributed by atoms with Crippen LogP contribution in [0.4, 0.5) is 0 Å². The van der Waals surface area contributed by atoms with Crippen LogP contribution >= 0.6 is 0 Å². The highest BCUT2D eigenvalue weighted by molar-refractivity contribution is 6.15. The van der Waals surface area contributed by atoms with Crippen LogP contribution in [0, 0.1) is 0 Å². The van der Waals surface area contributed by atoms with Gasteiger partial charge in [-0.1, -0.05) is 139 Å². The molecule has 0 saturated carbocycles. The molecule has 10 rings (SSSR count). The summed E-state index contributed by atoms with van der Waals surface area (Å²) in [7, 11) is 0. The molecular formula is C45H28N4O. The van der Waals surface area contributed by atoms with E-state index in [1.54, 1.807) is 12.1 Å². The van der Waals surface area contributed by atoms with Crippen LogP contribution in [0.15, 0.2) is 174 Å². The van der Waals surface area contributed by atoms with Gasteiger partial charge in [0, 0.05) is 38.2 Å². The fraction of sp³-hybridized carbons (Fsp3) is 0. The van der Waals surface area contributed by atoms with Gasteiger partial charge in [0.25, 0.3) is 0 Å². The Bertz CT molecular complexity index is 3250. The molecule has 0 N–H and O–H groups in total. The molecule has 50 heavy (non-hydrogen) atoms. The Hall–Kier alpha value is -6.85. The van der Waals surface area contributed by atoms with E-state index in [0.717, 1.165) is 22.3 Å². The van der Waals surface area contributed by atoms with Gasteiger partial charge in [0.15, 0.2) is 23.1 Å². The molecule has 234 valence electrons. The molecule has 0 aliphatic heterocycles. The third kappa shape index (κ3) is 4.52. The maximum Gasteiger partial charge on any atom is 0.164 e. The molecule has 0 amide bonds. The summed E-state index contributed by atoms with van der Waals surface area (Å²) in [6.07, 6.45) is 0. The van der Waals surface area contributed by atoms with Crippen LogP contribution < -0.4 is 0 Å². The Balaban J connectivity index is 1.26. The van der Waals surface area contributed by atoms with Crippen LogP contribution in [0.2, 0.25) is 0 Å². The largest absolute Gasteiger partial charge is 0.454 e. The van der Waals surface area contributed by atoms with E-state index in [1.165, 1.54) is 4.57 Å². The maximum atomic E-state index is 9.02. The molecule has 0 unspecified atom stereocenters.